The Kier molecular flexibility index (Phi) is 3.67. The Morgan fingerprint density at radius 1 is 1.24 bits per heavy atom. The number of rotatable bonds is 4. The van der Waals surface area contributed by atoms with Crippen LogP contribution in [0.1, 0.15) is 40.3 Å². The van der Waals surface area contributed by atoms with Crippen LogP contribution in [0, 0.1) is 20.8 Å². The van der Waals surface area contributed by atoms with Crippen LogP contribution in [-0.4, -0.2) is 35.5 Å². The Bertz CT molecular complexity index is 930. The van der Waals surface area contributed by atoms with Gasteiger partial charge in [-0.15, -0.1) is 5.10 Å². The number of tetrazole rings is 1. The summed E-state index contributed by atoms with van der Waals surface area (Å²) in [7, 11) is 0. The lowest BCUT2D eigenvalue weighted by atomic mass is 10.0. The molecule has 8 nitrogen and oxygen atoms in total. The first-order valence-corrected chi connectivity index (χ1v) is 8.33. The molecule has 1 aliphatic carbocycles. The fourth-order valence-corrected chi connectivity index (χ4v) is 3.44. The van der Waals surface area contributed by atoms with Crippen molar-refractivity contribution >= 4 is 0 Å². The summed E-state index contributed by atoms with van der Waals surface area (Å²) >= 11 is 0. The van der Waals surface area contributed by atoms with Crippen LogP contribution in [-0.2, 0) is 19.4 Å². The van der Waals surface area contributed by atoms with Crippen molar-refractivity contribution in [2.75, 3.05) is 0 Å². The van der Waals surface area contributed by atoms with Gasteiger partial charge >= 0.3 is 0 Å². The third kappa shape index (κ3) is 2.63. The van der Waals surface area contributed by atoms with Gasteiger partial charge in [0.1, 0.15) is 23.7 Å². The van der Waals surface area contributed by atoms with Crippen molar-refractivity contribution in [2.24, 2.45) is 0 Å². The minimum absolute atomic E-state index is 0.404. The minimum Gasteiger partial charge on any atom is -0.507 e. The summed E-state index contributed by atoms with van der Waals surface area (Å²) in [6.07, 6.45) is 2.86. The number of aromatic hydroxyl groups is 1. The molecule has 25 heavy (non-hydrogen) atoms. The minimum atomic E-state index is 0.404. The van der Waals surface area contributed by atoms with Crippen molar-refractivity contribution in [2.45, 2.75) is 46.6 Å². The Labute approximate surface area is 144 Å². The third-order valence-electron chi connectivity index (χ3n) is 4.74. The molecule has 1 aromatic carbocycles. The molecule has 3 aromatic rings. The number of phenols is 1. The van der Waals surface area contributed by atoms with E-state index in [1.807, 2.05) is 31.5 Å². The molecule has 0 saturated heterocycles. The Morgan fingerprint density at radius 3 is 2.80 bits per heavy atom. The van der Waals surface area contributed by atoms with Crippen LogP contribution in [0.25, 0.3) is 0 Å². The zero-order chi connectivity index (χ0) is 17.6. The van der Waals surface area contributed by atoms with Crippen molar-refractivity contribution in [1.29, 1.82) is 0 Å². The van der Waals surface area contributed by atoms with Crippen molar-refractivity contribution in [1.82, 2.24) is 30.4 Å². The second-order valence-corrected chi connectivity index (χ2v) is 6.46. The predicted octanol–water partition coefficient (Wildman–Crippen LogP) is 2.36. The second-order valence-electron chi connectivity index (χ2n) is 6.46. The highest BCUT2D eigenvalue weighted by Gasteiger charge is 2.23. The van der Waals surface area contributed by atoms with E-state index in [1.54, 1.807) is 0 Å². The molecule has 0 amide bonds. The zero-order valence-electron chi connectivity index (χ0n) is 14.5. The van der Waals surface area contributed by atoms with Crippen LogP contribution in [0.4, 0.5) is 0 Å². The molecule has 0 bridgehead atoms. The van der Waals surface area contributed by atoms with E-state index in [0.717, 1.165) is 58.8 Å². The maximum atomic E-state index is 10.3. The van der Waals surface area contributed by atoms with Crippen LogP contribution in [0.2, 0.25) is 0 Å². The van der Waals surface area contributed by atoms with E-state index < -0.39 is 0 Å². The lowest BCUT2D eigenvalue weighted by Gasteiger charge is -2.14. The molecule has 0 spiro atoms. The first-order chi connectivity index (χ1) is 12.0. The number of aryl methyl sites for hydroxylation is 2. The first kappa shape index (κ1) is 15.6. The van der Waals surface area contributed by atoms with Gasteiger partial charge in [-0.2, -0.15) is 5.10 Å². The van der Waals surface area contributed by atoms with Crippen LogP contribution in [0.5, 0.6) is 17.2 Å². The fourth-order valence-electron chi connectivity index (χ4n) is 3.44. The summed E-state index contributed by atoms with van der Waals surface area (Å²) < 4.78 is 8.08. The lowest BCUT2D eigenvalue weighted by Crippen LogP contribution is -2.05. The number of H-pyrrole nitrogens is 1. The molecule has 130 valence electrons. The van der Waals surface area contributed by atoms with Crippen LogP contribution in [0.3, 0.4) is 0 Å². The molecule has 8 heteroatoms. The predicted molar refractivity (Wildman–Crippen MR) is 89.9 cm³/mol. The summed E-state index contributed by atoms with van der Waals surface area (Å²) in [6.45, 7) is 6.24. The number of benzene rings is 1. The van der Waals surface area contributed by atoms with Gasteiger partial charge in [0.2, 0.25) is 0 Å². The third-order valence-corrected chi connectivity index (χ3v) is 4.74. The van der Waals surface area contributed by atoms with E-state index in [1.165, 1.54) is 0 Å². The number of hydrogen-bond donors (Lipinski definition) is 2. The summed E-state index contributed by atoms with van der Waals surface area (Å²) in [6, 6.07) is 1.91. The van der Waals surface area contributed by atoms with Crippen molar-refractivity contribution in [3.05, 3.63) is 40.0 Å². The number of aromatic nitrogens is 6. The molecule has 0 fully saturated rings. The molecule has 0 radical (unpaired) electrons. The number of fused-ring (bicyclic) bond motifs is 1. The smallest absolute Gasteiger partial charge is 0.171 e. The molecule has 4 rings (SSSR count). The highest BCUT2D eigenvalue weighted by atomic mass is 16.5. The van der Waals surface area contributed by atoms with Crippen LogP contribution in [0.15, 0.2) is 6.07 Å². The largest absolute Gasteiger partial charge is 0.507 e. The van der Waals surface area contributed by atoms with Crippen molar-refractivity contribution in [3.63, 3.8) is 0 Å². The highest BCUT2D eigenvalue weighted by Crippen LogP contribution is 2.41. The second kappa shape index (κ2) is 5.87. The van der Waals surface area contributed by atoms with E-state index in [0.29, 0.717) is 18.1 Å². The summed E-state index contributed by atoms with van der Waals surface area (Å²) in [4.78, 5) is 0. The average molecular weight is 340 g/mol. The van der Waals surface area contributed by atoms with Gasteiger partial charge in [-0.3, -0.25) is 4.68 Å². The maximum Gasteiger partial charge on any atom is 0.171 e. The monoisotopic (exact) mass is 340 g/mol. The standard InChI is InChI=1S/C17H20N6O2/c1-9-7-14(12-5-4-6-13(12)16(9)24)25-17-10(2)20-23(11(17)3)8-15-18-21-22-19-15/h7,24H,4-6,8H2,1-3H3,(H,18,19,21,22). The molecule has 0 aliphatic heterocycles. The lowest BCUT2D eigenvalue weighted by molar-refractivity contribution is 0.450. The van der Waals surface area contributed by atoms with E-state index >= 15 is 0 Å². The van der Waals surface area contributed by atoms with E-state index in [2.05, 4.69) is 25.7 Å². The first-order valence-electron chi connectivity index (χ1n) is 8.33. The Balaban J connectivity index is 1.69. The van der Waals surface area contributed by atoms with Gasteiger partial charge in [0.05, 0.1) is 5.69 Å². The molecule has 1 aliphatic rings. The number of ether oxygens (including phenoxy) is 1. The highest BCUT2D eigenvalue weighted by molar-refractivity contribution is 5.56. The molecule has 0 unspecified atom stereocenters. The molecular weight excluding hydrogens is 320 g/mol. The number of aromatic amines is 1. The van der Waals surface area contributed by atoms with Crippen molar-refractivity contribution < 1.29 is 9.84 Å². The van der Waals surface area contributed by atoms with Crippen LogP contribution >= 0.6 is 0 Å². The Morgan fingerprint density at radius 2 is 2.04 bits per heavy atom. The van der Waals surface area contributed by atoms with Gasteiger partial charge in [0, 0.05) is 11.1 Å². The Hall–Kier alpha value is -2.90. The van der Waals surface area contributed by atoms with Gasteiger partial charge in [0.15, 0.2) is 11.6 Å². The number of hydrogen-bond acceptors (Lipinski definition) is 6. The summed E-state index contributed by atoms with van der Waals surface area (Å²) in [5.74, 6) is 2.60. The van der Waals surface area contributed by atoms with E-state index in [-0.39, 0.29) is 0 Å². The molecule has 0 atom stereocenters. The molecule has 2 N–H and O–H groups in total. The van der Waals surface area contributed by atoms with Crippen molar-refractivity contribution in [3.8, 4) is 17.2 Å². The number of nitrogens with zero attached hydrogens (tertiary/aromatic N) is 5. The van der Waals surface area contributed by atoms with Gasteiger partial charge in [-0.05, 0) is 62.1 Å². The van der Waals surface area contributed by atoms with E-state index in [9.17, 15) is 5.11 Å². The normalized spacial score (nSPS) is 13.2. The SMILES string of the molecule is Cc1cc(Oc2c(C)nn(Cc3nnn[nH]3)c2C)c2c(c1O)CCC2. The number of nitrogens with one attached hydrogen (secondary N) is 1. The van der Waals surface area contributed by atoms with Gasteiger partial charge in [-0.1, -0.05) is 0 Å². The molecule has 2 aromatic heterocycles. The topological polar surface area (TPSA) is 102 Å². The molecule has 2 heterocycles. The number of phenolic OH excluding ortho intramolecular Hbond substituents is 1. The maximum absolute atomic E-state index is 10.3. The van der Waals surface area contributed by atoms with Gasteiger partial charge in [0.25, 0.3) is 0 Å². The van der Waals surface area contributed by atoms with Gasteiger partial charge in [-0.25, -0.2) is 5.10 Å². The quantitative estimate of drug-likeness (QED) is 0.756. The van der Waals surface area contributed by atoms with Gasteiger partial charge < -0.3 is 9.84 Å². The molecule has 0 saturated carbocycles. The van der Waals surface area contributed by atoms with Crippen LogP contribution < -0.4 is 4.74 Å². The van der Waals surface area contributed by atoms with E-state index in [4.69, 9.17) is 4.74 Å². The fraction of sp³-hybridized carbons (Fsp3) is 0.412. The summed E-state index contributed by atoms with van der Waals surface area (Å²) in [5.41, 5.74) is 4.68. The average Bonchev–Trinajstić information content (AvgIpc) is 3.30. The molecular formula is C17H20N6O2. The summed E-state index contributed by atoms with van der Waals surface area (Å²) in [5, 5.41) is 28.6. The zero-order valence-corrected chi connectivity index (χ0v) is 14.5.